The third-order valence-corrected chi connectivity index (χ3v) is 5.99. The molecular weight excluding hydrogens is 344 g/mol. The zero-order valence-corrected chi connectivity index (χ0v) is 15.8. The molecule has 2 saturated heterocycles. The maximum atomic E-state index is 11.6. The van der Waals surface area contributed by atoms with Crippen molar-refractivity contribution < 1.29 is 14.6 Å². The van der Waals surface area contributed by atoms with E-state index in [1.807, 2.05) is 25.1 Å². The Bertz CT molecular complexity index is 845. The molecule has 2 aromatic heterocycles. The van der Waals surface area contributed by atoms with Gasteiger partial charge >= 0.3 is 0 Å². The van der Waals surface area contributed by atoms with Gasteiger partial charge in [-0.25, -0.2) is 4.98 Å². The summed E-state index contributed by atoms with van der Waals surface area (Å²) in [6, 6.07) is 5.87. The Balaban J connectivity index is 1.55. The van der Waals surface area contributed by atoms with Gasteiger partial charge in [-0.3, -0.25) is 9.78 Å². The first-order valence-corrected chi connectivity index (χ1v) is 9.49. The maximum absolute atomic E-state index is 11.6. The lowest BCUT2D eigenvalue weighted by molar-refractivity contribution is -0.198. The molecule has 2 atom stereocenters. The molecule has 0 unspecified atom stereocenters. The molecular formula is C20H26N4O3. The van der Waals surface area contributed by atoms with Crippen LogP contribution in [0.1, 0.15) is 33.1 Å². The number of rotatable bonds is 2. The number of fused-ring (bicyclic) bond motifs is 1. The number of aliphatic hydroxyl groups is 1. The van der Waals surface area contributed by atoms with E-state index in [-0.39, 0.29) is 5.91 Å². The summed E-state index contributed by atoms with van der Waals surface area (Å²) in [5.41, 5.74) is -0.363. The highest BCUT2D eigenvalue weighted by atomic mass is 16.5. The van der Waals surface area contributed by atoms with Crippen LogP contribution in [0.4, 0.5) is 5.82 Å². The van der Waals surface area contributed by atoms with Gasteiger partial charge in [0.05, 0.1) is 16.7 Å². The van der Waals surface area contributed by atoms with Crippen molar-refractivity contribution in [3.63, 3.8) is 0 Å². The average Bonchev–Trinajstić information content (AvgIpc) is 2.66. The van der Waals surface area contributed by atoms with E-state index in [2.05, 4.69) is 20.2 Å². The van der Waals surface area contributed by atoms with Crippen LogP contribution in [-0.2, 0) is 9.53 Å². The Hall–Kier alpha value is -2.25. The lowest BCUT2D eigenvalue weighted by Gasteiger charge is -2.53. The molecule has 2 aromatic rings. The summed E-state index contributed by atoms with van der Waals surface area (Å²) in [5.74, 6) is 0.795. The molecule has 2 aliphatic heterocycles. The summed E-state index contributed by atoms with van der Waals surface area (Å²) in [7, 11) is 0. The van der Waals surface area contributed by atoms with Crippen molar-refractivity contribution in [1.29, 1.82) is 0 Å². The first-order chi connectivity index (χ1) is 12.9. The highest BCUT2D eigenvalue weighted by Gasteiger charge is 2.53. The highest BCUT2D eigenvalue weighted by Crippen LogP contribution is 2.41. The van der Waals surface area contributed by atoms with Gasteiger partial charge in [-0.1, -0.05) is 0 Å². The molecule has 0 aliphatic carbocycles. The zero-order valence-electron chi connectivity index (χ0n) is 15.8. The topological polar surface area (TPSA) is 87.6 Å². The molecule has 144 valence electrons. The summed E-state index contributed by atoms with van der Waals surface area (Å²) in [4.78, 5) is 22.8. The van der Waals surface area contributed by atoms with Crippen LogP contribution >= 0.6 is 0 Å². The maximum Gasteiger partial charge on any atom is 0.217 e. The van der Waals surface area contributed by atoms with E-state index in [9.17, 15) is 9.90 Å². The average molecular weight is 370 g/mol. The number of carbonyl (C=O) groups is 1. The molecule has 2 N–H and O–H groups in total. The summed E-state index contributed by atoms with van der Waals surface area (Å²) in [6.07, 6.45) is 4.80. The second-order valence-corrected chi connectivity index (χ2v) is 7.86. The Kier molecular flexibility index (Phi) is 4.52. The van der Waals surface area contributed by atoms with Gasteiger partial charge in [0.15, 0.2) is 0 Å². The van der Waals surface area contributed by atoms with Crippen LogP contribution in [0.3, 0.4) is 0 Å². The van der Waals surface area contributed by atoms with Gasteiger partial charge in [0.2, 0.25) is 5.91 Å². The molecule has 2 aliphatic rings. The van der Waals surface area contributed by atoms with Crippen LogP contribution in [0.25, 0.3) is 10.9 Å². The SMILES string of the molecule is CC(=O)N[C@@]1(C)CCOC2(CCN(c3nccc4ncccc34)CC2)[C@@H]1O. The van der Waals surface area contributed by atoms with Crippen LogP contribution in [0.5, 0.6) is 0 Å². The van der Waals surface area contributed by atoms with Crippen molar-refractivity contribution in [2.24, 2.45) is 0 Å². The van der Waals surface area contributed by atoms with E-state index in [0.29, 0.717) is 25.9 Å². The molecule has 4 heterocycles. The Labute approximate surface area is 158 Å². The lowest BCUT2D eigenvalue weighted by Crippen LogP contribution is -2.69. The summed E-state index contributed by atoms with van der Waals surface area (Å²) >= 11 is 0. The minimum atomic E-state index is -0.744. The number of nitrogens with one attached hydrogen (secondary N) is 1. The summed E-state index contributed by atoms with van der Waals surface area (Å²) in [5, 5.41) is 15.1. The zero-order chi connectivity index (χ0) is 19.1. The van der Waals surface area contributed by atoms with Crippen molar-refractivity contribution in [2.45, 2.75) is 50.4 Å². The number of ether oxygens (including phenoxy) is 1. The molecule has 0 saturated carbocycles. The van der Waals surface area contributed by atoms with Crippen LogP contribution in [0.15, 0.2) is 30.6 Å². The standard InChI is InChI=1S/C20H26N4O3/c1-14(25)23-19(2)8-13-27-20(18(19)26)6-11-24(12-7-20)17-15-4-3-9-21-16(15)5-10-22-17/h3-5,9-10,18,26H,6-8,11-13H2,1-2H3,(H,23,25)/t18-,19+/m1/s1. The van der Waals surface area contributed by atoms with Gasteiger partial charge in [0, 0.05) is 44.4 Å². The van der Waals surface area contributed by atoms with E-state index >= 15 is 0 Å². The minimum absolute atomic E-state index is 0.126. The molecule has 1 spiro atoms. The van der Waals surface area contributed by atoms with Gasteiger partial charge in [-0.15, -0.1) is 0 Å². The monoisotopic (exact) mass is 370 g/mol. The van der Waals surface area contributed by atoms with Crippen LogP contribution in [0, 0.1) is 0 Å². The lowest BCUT2D eigenvalue weighted by atomic mass is 9.73. The second kappa shape index (κ2) is 6.73. The Morgan fingerprint density at radius 3 is 2.78 bits per heavy atom. The number of hydrogen-bond donors (Lipinski definition) is 2. The summed E-state index contributed by atoms with van der Waals surface area (Å²) < 4.78 is 6.11. The fourth-order valence-electron chi connectivity index (χ4n) is 4.55. The number of carbonyl (C=O) groups excluding carboxylic acids is 1. The Morgan fingerprint density at radius 1 is 1.26 bits per heavy atom. The van der Waals surface area contributed by atoms with Gasteiger partial charge in [-0.2, -0.15) is 0 Å². The molecule has 7 heteroatoms. The smallest absolute Gasteiger partial charge is 0.217 e. The van der Waals surface area contributed by atoms with Crippen molar-refractivity contribution in [3.05, 3.63) is 30.6 Å². The van der Waals surface area contributed by atoms with Crippen LogP contribution in [-0.4, -0.2) is 57.9 Å². The molecule has 0 aromatic carbocycles. The normalized spacial score (nSPS) is 27.7. The quantitative estimate of drug-likeness (QED) is 0.836. The second-order valence-electron chi connectivity index (χ2n) is 7.86. The number of hydrogen-bond acceptors (Lipinski definition) is 6. The van der Waals surface area contributed by atoms with Gasteiger partial charge < -0.3 is 20.1 Å². The van der Waals surface area contributed by atoms with E-state index < -0.39 is 17.2 Å². The fraction of sp³-hybridized carbons (Fsp3) is 0.550. The van der Waals surface area contributed by atoms with E-state index in [1.54, 1.807) is 12.4 Å². The number of anilines is 1. The highest BCUT2D eigenvalue weighted by molar-refractivity contribution is 5.89. The predicted octanol–water partition coefficient (Wildman–Crippen LogP) is 1.64. The van der Waals surface area contributed by atoms with Crippen molar-refractivity contribution in [3.8, 4) is 0 Å². The van der Waals surface area contributed by atoms with Gasteiger partial charge in [0.1, 0.15) is 11.9 Å². The molecule has 0 bridgehead atoms. The van der Waals surface area contributed by atoms with Crippen molar-refractivity contribution >= 4 is 22.6 Å². The number of amides is 1. The molecule has 0 radical (unpaired) electrons. The molecule has 4 rings (SSSR count). The van der Waals surface area contributed by atoms with Gasteiger partial charge in [-0.05, 0) is 44.4 Å². The van der Waals surface area contributed by atoms with Crippen LogP contribution in [0.2, 0.25) is 0 Å². The number of nitrogens with zero attached hydrogens (tertiary/aromatic N) is 3. The fourth-order valence-corrected chi connectivity index (χ4v) is 4.55. The number of piperidine rings is 1. The molecule has 7 nitrogen and oxygen atoms in total. The minimum Gasteiger partial charge on any atom is -0.388 e. The number of pyridine rings is 2. The third kappa shape index (κ3) is 3.15. The summed E-state index contributed by atoms with van der Waals surface area (Å²) in [6.45, 7) is 5.39. The van der Waals surface area contributed by atoms with Crippen molar-refractivity contribution in [2.75, 3.05) is 24.6 Å². The van der Waals surface area contributed by atoms with E-state index in [1.165, 1.54) is 6.92 Å². The van der Waals surface area contributed by atoms with E-state index in [4.69, 9.17) is 4.74 Å². The first kappa shape index (κ1) is 18.1. The third-order valence-electron chi connectivity index (χ3n) is 5.99. The largest absolute Gasteiger partial charge is 0.388 e. The van der Waals surface area contributed by atoms with Crippen LogP contribution < -0.4 is 10.2 Å². The van der Waals surface area contributed by atoms with Crippen molar-refractivity contribution in [1.82, 2.24) is 15.3 Å². The first-order valence-electron chi connectivity index (χ1n) is 9.49. The predicted molar refractivity (Wildman–Crippen MR) is 103 cm³/mol. The molecule has 1 amide bonds. The molecule has 27 heavy (non-hydrogen) atoms. The Morgan fingerprint density at radius 2 is 2.04 bits per heavy atom. The number of aliphatic hydroxyl groups excluding tert-OH is 1. The van der Waals surface area contributed by atoms with Gasteiger partial charge in [0.25, 0.3) is 0 Å². The van der Waals surface area contributed by atoms with E-state index in [0.717, 1.165) is 29.8 Å². The number of aromatic nitrogens is 2. The molecule has 2 fully saturated rings.